The Labute approximate surface area is 98.0 Å². The van der Waals surface area contributed by atoms with Gasteiger partial charge in [0.2, 0.25) is 0 Å². The minimum atomic E-state index is -0.115. The number of amides is 1. The molecule has 1 amide bonds. The number of thiophene rings is 1. The summed E-state index contributed by atoms with van der Waals surface area (Å²) in [7, 11) is 0. The van der Waals surface area contributed by atoms with Crippen LogP contribution in [0.2, 0.25) is 0 Å². The van der Waals surface area contributed by atoms with Gasteiger partial charge < -0.3 is 16.3 Å². The third-order valence-electron chi connectivity index (χ3n) is 2.03. The van der Waals surface area contributed by atoms with Crippen molar-refractivity contribution in [2.45, 2.75) is 19.8 Å². The molecule has 0 aliphatic rings. The topological polar surface area (TPSA) is 87.7 Å². The van der Waals surface area contributed by atoms with E-state index in [1.807, 2.05) is 19.1 Å². The maximum Gasteiger partial charge on any atom is 0.261 e. The van der Waals surface area contributed by atoms with Crippen molar-refractivity contribution in [1.82, 2.24) is 5.32 Å². The highest BCUT2D eigenvalue weighted by atomic mass is 32.1. The summed E-state index contributed by atoms with van der Waals surface area (Å²) in [4.78, 5) is 13.5. The molecule has 1 aromatic heterocycles. The number of aryl methyl sites for hydroxylation is 1. The van der Waals surface area contributed by atoms with E-state index in [2.05, 4.69) is 10.5 Å². The first kappa shape index (κ1) is 12.5. The number of nitrogens with zero attached hydrogens (tertiary/aromatic N) is 1. The van der Waals surface area contributed by atoms with E-state index >= 15 is 0 Å². The van der Waals surface area contributed by atoms with Crippen molar-refractivity contribution in [3.8, 4) is 0 Å². The molecule has 0 aliphatic heterocycles. The first-order valence-corrected chi connectivity index (χ1v) is 5.82. The number of carbonyl (C=O) groups is 1. The summed E-state index contributed by atoms with van der Waals surface area (Å²) in [6.07, 6.45) is 1.27. The molecule has 0 bridgehead atoms. The molecule has 0 spiro atoms. The number of rotatable bonds is 5. The Morgan fingerprint density at radius 1 is 1.62 bits per heavy atom. The van der Waals surface area contributed by atoms with Crippen LogP contribution in [0.1, 0.15) is 27.9 Å². The molecule has 0 atom stereocenters. The zero-order valence-corrected chi connectivity index (χ0v) is 9.88. The highest BCUT2D eigenvalue weighted by Crippen LogP contribution is 2.16. The smallest absolute Gasteiger partial charge is 0.261 e. The van der Waals surface area contributed by atoms with Gasteiger partial charge in [-0.2, -0.15) is 0 Å². The summed E-state index contributed by atoms with van der Waals surface area (Å²) in [5, 5.41) is 13.8. The van der Waals surface area contributed by atoms with Crippen LogP contribution in [0.15, 0.2) is 17.3 Å². The maximum absolute atomic E-state index is 11.6. The van der Waals surface area contributed by atoms with Crippen LogP contribution in [0, 0.1) is 0 Å². The van der Waals surface area contributed by atoms with E-state index in [9.17, 15) is 4.79 Å². The lowest BCUT2D eigenvalue weighted by molar-refractivity contribution is 0.0958. The number of hydrogen-bond donors (Lipinski definition) is 3. The van der Waals surface area contributed by atoms with E-state index in [1.54, 1.807) is 0 Å². The van der Waals surface area contributed by atoms with E-state index in [0.29, 0.717) is 17.8 Å². The van der Waals surface area contributed by atoms with E-state index in [1.165, 1.54) is 16.2 Å². The standard InChI is InChI=1S/C10H15N3O2S/c1-2-7-3-4-8(16-7)10(14)12-6-5-9(11)13-15/h3-4,15H,2,5-6H2,1H3,(H2,11,13)(H,12,14). The van der Waals surface area contributed by atoms with Crippen molar-refractivity contribution in [2.24, 2.45) is 10.9 Å². The number of oxime groups is 1. The number of nitrogens with one attached hydrogen (secondary N) is 1. The molecule has 88 valence electrons. The summed E-state index contributed by atoms with van der Waals surface area (Å²) in [6, 6.07) is 3.76. The summed E-state index contributed by atoms with van der Waals surface area (Å²) in [5.41, 5.74) is 5.27. The van der Waals surface area contributed by atoms with Gasteiger partial charge in [-0.3, -0.25) is 4.79 Å². The molecule has 0 aliphatic carbocycles. The first-order chi connectivity index (χ1) is 7.67. The maximum atomic E-state index is 11.6. The van der Waals surface area contributed by atoms with E-state index in [0.717, 1.165) is 6.42 Å². The predicted molar refractivity (Wildman–Crippen MR) is 64.1 cm³/mol. The van der Waals surface area contributed by atoms with Gasteiger partial charge in [0.1, 0.15) is 5.84 Å². The second-order valence-electron chi connectivity index (χ2n) is 3.22. The van der Waals surface area contributed by atoms with Gasteiger partial charge in [0, 0.05) is 17.8 Å². The highest BCUT2D eigenvalue weighted by molar-refractivity contribution is 7.14. The fourth-order valence-electron chi connectivity index (χ4n) is 1.13. The molecule has 16 heavy (non-hydrogen) atoms. The summed E-state index contributed by atoms with van der Waals surface area (Å²) in [6.45, 7) is 2.42. The van der Waals surface area contributed by atoms with E-state index in [4.69, 9.17) is 10.9 Å². The van der Waals surface area contributed by atoms with Gasteiger partial charge in [-0.25, -0.2) is 0 Å². The predicted octanol–water partition coefficient (Wildman–Crippen LogP) is 1.18. The molecule has 6 heteroatoms. The normalized spacial score (nSPS) is 11.4. The molecule has 1 rings (SSSR count). The van der Waals surface area contributed by atoms with Crippen LogP contribution in [-0.2, 0) is 6.42 Å². The minimum absolute atomic E-state index is 0.112. The fraction of sp³-hybridized carbons (Fsp3) is 0.400. The Balaban J connectivity index is 2.41. The van der Waals surface area contributed by atoms with Crippen LogP contribution in [0.3, 0.4) is 0 Å². The van der Waals surface area contributed by atoms with Crippen LogP contribution in [0.25, 0.3) is 0 Å². The van der Waals surface area contributed by atoms with Crippen LogP contribution >= 0.6 is 11.3 Å². The van der Waals surface area contributed by atoms with E-state index < -0.39 is 0 Å². The second kappa shape index (κ2) is 6.12. The summed E-state index contributed by atoms with van der Waals surface area (Å²) < 4.78 is 0. The van der Waals surface area contributed by atoms with Crippen LogP contribution < -0.4 is 11.1 Å². The molecular weight excluding hydrogens is 226 g/mol. The number of hydrogen-bond acceptors (Lipinski definition) is 4. The monoisotopic (exact) mass is 241 g/mol. The number of carbonyl (C=O) groups excluding carboxylic acids is 1. The van der Waals surface area contributed by atoms with Gasteiger partial charge >= 0.3 is 0 Å². The molecule has 0 saturated carbocycles. The zero-order chi connectivity index (χ0) is 12.0. The third-order valence-corrected chi connectivity index (χ3v) is 3.26. The van der Waals surface area contributed by atoms with Crippen molar-refractivity contribution in [3.63, 3.8) is 0 Å². The lowest BCUT2D eigenvalue weighted by atomic mass is 10.3. The second-order valence-corrected chi connectivity index (χ2v) is 4.39. The quantitative estimate of drug-likeness (QED) is 0.313. The Morgan fingerprint density at radius 3 is 2.94 bits per heavy atom. The molecule has 1 aromatic rings. The Morgan fingerprint density at radius 2 is 2.38 bits per heavy atom. The molecule has 0 unspecified atom stereocenters. The molecule has 0 fully saturated rings. The average molecular weight is 241 g/mol. The summed E-state index contributed by atoms with van der Waals surface area (Å²) >= 11 is 1.48. The molecule has 0 saturated heterocycles. The number of nitrogens with two attached hydrogens (primary N) is 1. The van der Waals surface area contributed by atoms with Crippen molar-refractivity contribution >= 4 is 23.1 Å². The van der Waals surface area contributed by atoms with Gasteiger partial charge in [0.05, 0.1) is 4.88 Å². The molecule has 0 radical (unpaired) electrons. The highest BCUT2D eigenvalue weighted by Gasteiger charge is 2.07. The first-order valence-electron chi connectivity index (χ1n) is 5.00. The molecule has 1 heterocycles. The van der Waals surface area contributed by atoms with Gasteiger partial charge in [-0.05, 0) is 18.6 Å². The van der Waals surface area contributed by atoms with Crippen LogP contribution in [0.5, 0.6) is 0 Å². The van der Waals surface area contributed by atoms with Crippen molar-refractivity contribution in [2.75, 3.05) is 6.54 Å². The van der Waals surface area contributed by atoms with Crippen molar-refractivity contribution in [1.29, 1.82) is 0 Å². The van der Waals surface area contributed by atoms with Gasteiger partial charge in [0.25, 0.3) is 5.91 Å². The van der Waals surface area contributed by atoms with Crippen LogP contribution in [0.4, 0.5) is 0 Å². The third kappa shape index (κ3) is 3.54. The molecule has 5 nitrogen and oxygen atoms in total. The Bertz CT molecular complexity index is 387. The Hall–Kier alpha value is -1.56. The SMILES string of the molecule is CCc1ccc(C(=O)NCCC(N)=NO)s1. The van der Waals surface area contributed by atoms with Crippen LogP contribution in [-0.4, -0.2) is 23.5 Å². The zero-order valence-electron chi connectivity index (χ0n) is 9.06. The van der Waals surface area contributed by atoms with Gasteiger partial charge in [-0.15, -0.1) is 11.3 Å². The largest absolute Gasteiger partial charge is 0.409 e. The molecule has 4 N–H and O–H groups in total. The van der Waals surface area contributed by atoms with E-state index in [-0.39, 0.29) is 11.7 Å². The van der Waals surface area contributed by atoms with Gasteiger partial charge in [0.15, 0.2) is 0 Å². The lowest BCUT2D eigenvalue weighted by Crippen LogP contribution is -2.27. The Kier molecular flexibility index (Phi) is 4.78. The lowest BCUT2D eigenvalue weighted by Gasteiger charge is -2.01. The average Bonchev–Trinajstić information content (AvgIpc) is 2.77. The van der Waals surface area contributed by atoms with Gasteiger partial charge in [-0.1, -0.05) is 12.1 Å². The molecular formula is C10H15N3O2S. The fourth-order valence-corrected chi connectivity index (χ4v) is 2.00. The summed E-state index contributed by atoms with van der Waals surface area (Å²) in [5.74, 6) is -0.00355. The number of amidine groups is 1. The molecule has 0 aromatic carbocycles. The minimum Gasteiger partial charge on any atom is -0.409 e. The van der Waals surface area contributed by atoms with Crippen molar-refractivity contribution < 1.29 is 10.0 Å². The van der Waals surface area contributed by atoms with Crippen molar-refractivity contribution in [3.05, 3.63) is 21.9 Å².